The molecule has 0 radical (unpaired) electrons. The van der Waals surface area contributed by atoms with Gasteiger partial charge in [-0.2, -0.15) is 0 Å². The minimum atomic E-state index is -0.696. The van der Waals surface area contributed by atoms with Crippen LogP contribution in [0.2, 0.25) is 0 Å². The number of benzene rings is 1. The molecule has 19 heavy (non-hydrogen) atoms. The van der Waals surface area contributed by atoms with Crippen molar-refractivity contribution < 1.29 is 9.84 Å². The number of pyridine rings is 1. The van der Waals surface area contributed by atoms with Crippen molar-refractivity contribution in [1.29, 1.82) is 0 Å². The maximum atomic E-state index is 10.1. The molecule has 1 aromatic heterocycles. The summed E-state index contributed by atoms with van der Waals surface area (Å²) in [7, 11) is 0. The number of nitrogens with one attached hydrogen (secondary N) is 1. The summed E-state index contributed by atoms with van der Waals surface area (Å²) in [5.74, 6) is 0. The lowest BCUT2D eigenvalue weighted by Gasteiger charge is -2.20. The van der Waals surface area contributed by atoms with Crippen molar-refractivity contribution in [3.8, 4) is 0 Å². The van der Waals surface area contributed by atoms with E-state index in [1.54, 1.807) is 6.20 Å². The second kappa shape index (κ2) is 5.25. The predicted octanol–water partition coefficient (Wildman–Crippen LogP) is 1.48. The molecule has 0 saturated carbocycles. The molecular weight excluding hydrogens is 240 g/mol. The first kappa shape index (κ1) is 12.5. The smallest absolute Gasteiger partial charge is 0.102 e. The van der Waals surface area contributed by atoms with Crippen LogP contribution in [0, 0.1) is 0 Å². The van der Waals surface area contributed by atoms with Crippen LogP contribution >= 0.6 is 0 Å². The molecule has 2 heterocycles. The number of hydrogen-bond acceptors (Lipinski definition) is 4. The highest BCUT2D eigenvalue weighted by Gasteiger charge is 2.31. The van der Waals surface area contributed by atoms with E-state index >= 15 is 0 Å². The third kappa shape index (κ3) is 2.92. The van der Waals surface area contributed by atoms with Gasteiger partial charge < -0.3 is 15.2 Å². The minimum absolute atomic E-state index is 0.432. The van der Waals surface area contributed by atoms with Crippen LogP contribution in [0.5, 0.6) is 0 Å². The molecule has 1 aromatic carbocycles. The van der Waals surface area contributed by atoms with Gasteiger partial charge in [-0.3, -0.25) is 4.98 Å². The number of hydrogen-bond donors (Lipinski definition) is 2. The molecule has 1 aliphatic heterocycles. The number of ether oxygens (including phenoxy) is 1. The van der Waals surface area contributed by atoms with Crippen LogP contribution in [-0.4, -0.2) is 35.5 Å². The summed E-state index contributed by atoms with van der Waals surface area (Å²) < 4.78 is 5.22. The lowest BCUT2D eigenvalue weighted by atomic mass is 10.0. The average Bonchev–Trinajstić information content (AvgIpc) is 2.86. The molecular formula is C15H18N2O2. The first-order valence-electron chi connectivity index (χ1n) is 6.60. The maximum Gasteiger partial charge on any atom is 0.102 e. The Kier molecular flexibility index (Phi) is 3.46. The molecule has 100 valence electrons. The molecule has 1 aliphatic rings. The van der Waals surface area contributed by atoms with Crippen LogP contribution in [0.1, 0.15) is 12.0 Å². The highest BCUT2D eigenvalue weighted by atomic mass is 16.5. The van der Waals surface area contributed by atoms with Crippen molar-refractivity contribution >= 4 is 10.9 Å². The van der Waals surface area contributed by atoms with Crippen molar-refractivity contribution in [2.45, 2.75) is 18.6 Å². The zero-order chi connectivity index (χ0) is 13.1. The highest BCUT2D eigenvalue weighted by Crippen LogP contribution is 2.17. The lowest BCUT2D eigenvalue weighted by Crippen LogP contribution is -2.40. The van der Waals surface area contributed by atoms with E-state index < -0.39 is 5.60 Å². The zero-order valence-electron chi connectivity index (χ0n) is 10.8. The minimum Gasteiger partial charge on any atom is -0.386 e. The number of nitrogens with zero attached hydrogens (tertiary/aromatic N) is 1. The molecule has 0 amide bonds. The molecule has 1 fully saturated rings. The van der Waals surface area contributed by atoms with E-state index in [1.807, 2.05) is 12.1 Å². The van der Waals surface area contributed by atoms with Gasteiger partial charge in [0.2, 0.25) is 0 Å². The van der Waals surface area contributed by atoms with E-state index in [-0.39, 0.29) is 0 Å². The maximum absolute atomic E-state index is 10.1. The van der Waals surface area contributed by atoms with Gasteiger partial charge in [0.15, 0.2) is 0 Å². The van der Waals surface area contributed by atoms with Crippen LogP contribution in [0.25, 0.3) is 10.9 Å². The standard InChI is InChI=1S/C15H18N2O2/c18-15(5-7-19-11-15)10-16-9-12-3-4-14-13(8-12)2-1-6-17-14/h1-4,6,8,16,18H,5,7,9-11H2. The molecule has 1 unspecified atom stereocenters. The number of aromatic nitrogens is 1. The van der Waals surface area contributed by atoms with Gasteiger partial charge in [0.25, 0.3) is 0 Å². The van der Waals surface area contributed by atoms with Crippen LogP contribution in [0.15, 0.2) is 36.5 Å². The second-order valence-electron chi connectivity index (χ2n) is 5.16. The van der Waals surface area contributed by atoms with Gasteiger partial charge in [-0.25, -0.2) is 0 Å². The third-order valence-electron chi connectivity index (χ3n) is 3.53. The number of rotatable bonds is 4. The zero-order valence-corrected chi connectivity index (χ0v) is 10.8. The molecule has 0 aliphatic carbocycles. The monoisotopic (exact) mass is 258 g/mol. The summed E-state index contributed by atoms with van der Waals surface area (Å²) in [6.45, 7) is 2.40. The molecule has 0 spiro atoms. The van der Waals surface area contributed by atoms with Crippen molar-refractivity contribution in [3.05, 3.63) is 42.1 Å². The Morgan fingerprint density at radius 2 is 2.32 bits per heavy atom. The Morgan fingerprint density at radius 3 is 3.16 bits per heavy atom. The van der Waals surface area contributed by atoms with Crippen LogP contribution < -0.4 is 5.32 Å². The first-order chi connectivity index (χ1) is 9.25. The van der Waals surface area contributed by atoms with Crippen molar-refractivity contribution in [3.63, 3.8) is 0 Å². The molecule has 2 N–H and O–H groups in total. The summed E-state index contributed by atoms with van der Waals surface area (Å²) >= 11 is 0. The number of fused-ring (bicyclic) bond motifs is 1. The molecule has 4 nitrogen and oxygen atoms in total. The van der Waals surface area contributed by atoms with Crippen LogP contribution in [-0.2, 0) is 11.3 Å². The average molecular weight is 258 g/mol. The van der Waals surface area contributed by atoms with E-state index in [9.17, 15) is 5.11 Å². The fourth-order valence-electron chi connectivity index (χ4n) is 2.41. The van der Waals surface area contributed by atoms with Crippen molar-refractivity contribution in [2.24, 2.45) is 0 Å². The van der Waals surface area contributed by atoms with E-state index in [4.69, 9.17) is 4.74 Å². The van der Waals surface area contributed by atoms with Crippen molar-refractivity contribution in [2.75, 3.05) is 19.8 Å². The van der Waals surface area contributed by atoms with Gasteiger partial charge in [0.1, 0.15) is 5.60 Å². The van der Waals surface area contributed by atoms with Crippen molar-refractivity contribution in [1.82, 2.24) is 10.3 Å². The van der Waals surface area contributed by atoms with E-state index in [2.05, 4.69) is 28.5 Å². The predicted molar refractivity (Wildman–Crippen MR) is 73.8 cm³/mol. The lowest BCUT2D eigenvalue weighted by molar-refractivity contribution is 0.0268. The fourth-order valence-corrected chi connectivity index (χ4v) is 2.41. The molecule has 4 heteroatoms. The summed E-state index contributed by atoms with van der Waals surface area (Å²) in [5, 5.41) is 14.6. The van der Waals surface area contributed by atoms with Gasteiger partial charge in [-0.1, -0.05) is 12.1 Å². The van der Waals surface area contributed by atoms with Crippen LogP contribution in [0.4, 0.5) is 0 Å². The Morgan fingerprint density at radius 1 is 1.37 bits per heavy atom. The van der Waals surface area contributed by atoms with E-state index in [0.29, 0.717) is 26.2 Å². The Labute approximate surface area is 112 Å². The Bertz CT molecular complexity index is 565. The second-order valence-corrected chi connectivity index (χ2v) is 5.16. The van der Waals surface area contributed by atoms with E-state index in [0.717, 1.165) is 17.4 Å². The molecule has 2 aromatic rings. The van der Waals surface area contributed by atoms with Crippen LogP contribution in [0.3, 0.4) is 0 Å². The molecule has 3 rings (SSSR count). The quantitative estimate of drug-likeness (QED) is 0.872. The topological polar surface area (TPSA) is 54.4 Å². The van der Waals surface area contributed by atoms with Gasteiger partial charge in [-0.05, 0) is 23.8 Å². The fraction of sp³-hybridized carbons (Fsp3) is 0.400. The largest absolute Gasteiger partial charge is 0.386 e. The number of aliphatic hydroxyl groups is 1. The summed E-state index contributed by atoms with van der Waals surface area (Å²) in [4.78, 5) is 4.30. The molecule has 1 saturated heterocycles. The molecule has 0 bridgehead atoms. The van der Waals surface area contributed by atoms with E-state index in [1.165, 1.54) is 5.56 Å². The van der Waals surface area contributed by atoms with Gasteiger partial charge in [0, 0.05) is 37.7 Å². The SMILES string of the molecule is OC1(CNCc2ccc3ncccc3c2)CCOC1. The van der Waals surface area contributed by atoms with Gasteiger partial charge >= 0.3 is 0 Å². The summed E-state index contributed by atoms with van der Waals surface area (Å²) in [6.07, 6.45) is 2.51. The third-order valence-corrected chi connectivity index (χ3v) is 3.53. The Balaban J connectivity index is 1.62. The summed E-state index contributed by atoms with van der Waals surface area (Å²) in [6, 6.07) is 10.2. The molecule has 1 atom stereocenters. The first-order valence-corrected chi connectivity index (χ1v) is 6.60. The van der Waals surface area contributed by atoms with Gasteiger partial charge in [-0.15, -0.1) is 0 Å². The normalized spacial score (nSPS) is 23.0. The van der Waals surface area contributed by atoms with Gasteiger partial charge in [0.05, 0.1) is 12.1 Å². The Hall–Kier alpha value is -1.49. The summed E-state index contributed by atoms with van der Waals surface area (Å²) in [5.41, 5.74) is 1.51. The highest BCUT2D eigenvalue weighted by molar-refractivity contribution is 5.78.